The van der Waals surface area contributed by atoms with Crippen molar-refractivity contribution in [1.29, 1.82) is 0 Å². The normalized spacial score (nSPS) is 15.3. The summed E-state index contributed by atoms with van der Waals surface area (Å²) in [6, 6.07) is 5.80. The molecule has 33 heavy (non-hydrogen) atoms. The number of rotatable bonds is 7. The molecule has 0 radical (unpaired) electrons. The van der Waals surface area contributed by atoms with Gasteiger partial charge in [-0.2, -0.15) is 5.10 Å². The Morgan fingerprint density at radius 1 is 1.27 bits per heavy atom. The molecule has 1 amide bonds. The summed E-state index contributed by atoms with van der Waals surface area (Å²) in [4.78, 5) is 25.2. The van der Waals surface area contributed by atoms with Gasteiger partial charge in [0.15, 0.2) is 9.84 Å². The predicted molar refractivity (Wildman–Crippen MR) is 122 cm³/mol. The maximum Gasteiger partial charge on any atom is 0.338 e. The lowest BCUT2D eigenvalue weighted by Gasteiger charge is -2.10. The molecule has 1 aliphatic heterocycles. The van der Waals surface area contributed by atoms with Crippen molar-refractivity contribution in [3.63, 3.8) is 0 Å². The van der Waals surface area contributed by atoms with E-state index in [1.165, 1.54) is 24.3 Å². The molecule has 180 valence electrons. The average molecular weight is 478 g/mol. The van der Waals surface area contributed by atoms with Gasteiger partial charge in [-0.05, 0) is 43.9 Å². The molecule has 10 heteroatoms. The molecule has 0 fully saturated rings. The predicted octanol–water partition coefficient (Wildman–Crippen LogP) is 2.18. The van der Waals surface area contributed by atoms with Crippen LogP contribution in [0.4, 0.5) is 0 Å². The van der Waals surface area contributed by atoms with Gasteiger partial charge in [0.25, 0.3) is 5.91 Å². The Labute approximate surface area is 194 Å². The standard InChI is InChI=1S/C23H31N3O6S/c1-3-19-21-20(10-5-13-31-14-6-11-24-22(21)27)26(25-19)12-7-15-32-23(28)17-8-4-9-18(16-17)33(2,29)30/h4,8-9,16H,3,5-7,10-15H2,1-2H3,(H,24,27). The lowest BCUT2D eigenvalue weighted by molar-refractivity contribution is 0.0494. The van der Waals surface area contributed by atoms with Crippen molar-refractivity contribution in [3.8, 4) is 0 Å². The van der Waals surface area contributed by atoms with E-state index in [2.05, 4.69) is 10.4 Å². The third-order valence-electron chi connectivity index (χ3n) is 5.39. The Kier molecular flexibility index (Phi) is 8.62. The molecule has 0 unspecified atom stereocenters. The van der Waals surface area contributed by atoms with Crippen LogP contribution in [0.2, 0.25) is 0 Å². The van der Waals surface area contributed by atoms with E-state index in [4.69, 9.17) is 9.47 Å². The van der Waals surface area contributed by atoms with Crippen LogP contribution in [0.15, 0.2) is 29.2 Å². The Bertz CT molecular complexity index is 1090. The zero-order chi connectivity index (χ0) is 23.8. The summed E-state index contributed by atoms with van der Waals surface area (Å²) in [5.41, 5.74) is 2.48. The summed E-state index contributed by atoms with van der Waals surface area (Å²) in [6.45, 7) is 4.43. The summed E-state index contributed by atoms with van der Waals surface area (Å²) >= 11 is 0. The van der Waals surface area contributed by atoms with E-state index in [9.17, 15) is 18.0 Å². The van der Waals surface area contributed by atoms with E-state index in [1.807, 2.05) is 11.6 Å². The molecule has 1 aromatic heterocycles. The number of aromatic nitrogens is 2. The van der Waals surface area contributed by atoms with E-state index in [0.29, 0.717) is 51.1 Å². The van der Waals surface area contributed by atoms with Crippen LogP contribution < -0.4 is 5.32 Å². The van der Waals surface area contributed by atoms with Crippen molar-refractivity contribution in [2.24, 2.45) is 0 Å². The fourth-order valence-corrected chi connectivity index (χ4v) is 4.39. The quantitative estimate of drug-likeness (QED) is 0.480. The van der Waals surface area contributed by atoms with Gasteiger partial charge in [0, 0.05) is 39.0 Å². The highest BCUT2D eigenvalue weighted by Crippen LogP contribution is 2.19. The number of amides is 1. The van der Waals surface area contributed by atoms with Gasteiger partial charge in [0.1, 0.15) is 0 Å². The molecule has 9 nitrogen and oxygen atoms in total. The van der Waals surface area contributed by atoms with Crippen molar-refractivity contribution >= 4 is 21.7 Å². The van der Waals surface area contributed by atoms with Crippen LogP contribution >= 0.6 is 0 Å². The molecular weight excluding hydrogens is 446 g/mol. The lowest BCUT2D eigenvalue weighted by atomic mass is 10.1. The Morgan fingerprint density at radius 3 is 2.82 bits per heavy atom. The highest BCUT2D eigenvalue weighted by molar-refractivity contribution is 7.90. The lowest BCUT2D eigenvalue weighted by Crippen LogP contribution is -2.26. The van der Waals surface area contributed by atoms with Gasteiger partial charge < -0.3 is 14.8 Å². The number of hydrogen-bond acceptors (Lipinski definition) is 7. The number of nitrogens with zero attached hydrogens (tertiary/aromatic N) is 2. The largest absolute Gasteiger partial charge is 0.462 e. The SMILES string of the molecule is CCc1nn(CCCOC(=O)c2cccc(S(C)(=O)=O)c2)c2c1C(=O)NCCCOCCC2. The fraction of sp³-hybridized carbons (Fsp3) is 0.522. The number of benzene rings is 1. The first-order valence-corrected chi connectivity index (χ1v) is 13.1. The van der Waals surface area contributed by atoms with E-state index in [-0.39, 0.29) is 23.0 Å². The monoisotopic (exact) mass is 477 g/mol. The van der Waals surface area contributed by atoms with Crippen molar-refractivity contribution in [3.05, 3.63) is 46.8 Å². The number of carbonyl (C=O) groups excluding carboxylic acids is 2. The number of nitrogens with one attached hydrogen (secondary N) is 1. The second-order valence-electron chi connectivity index (χ2n) is 7.96. The smallest absolute Gasteiger partial charge is 0.338 e. The second kappa shape index (κ2) is 11.4. The van der Waals surface area contributed by atoms with Crippen molar-refractivity contribution in [1.82, 2.24) is 15.1 Å². The fourth-order valence-electron chi connectivity index (χ4n) is 3.72. The molecule has 1 aliphatic rings. The molecule has 0 aliphatic carbocycles. The molecule has 3 rings (SSSR count). The van der Waals surface area contributed by atoms with Crippen LogP contribution in [0.25, 0.3) is 0 Å². The zero-order valence-corrected chi connectivity index (χ0v) is 19.9. The van der Waals surface area contributed by atoms with E-state index in [0.717, 1.165) is 30.5 Å². The van der Waals surface area contributed by atoms with Crippen LogP contribution in [0.3, 0.4) is 0 Å². The maximum atomic E-state index is 12.8. The van der Waals surface area contributed by atoms with Crippen LogP contribution in [0.1, 0.15) is 58.3 Å². The highest BCUT2D eigenvalue weighted by Gasteiger charge is 2.23. The molecule has 0 saturated carbocycles. The molecular formula is C23H31N3O6S. The van der Waals surface area contributed by atoms with E-state index in [1.54, 1.807) is 0 Å². The molecule has 0 atom stereocenters. The molecule has 2 heterocycles. The van der Waals surface area contributed by atoms with Gasteiger partial charge in [-0.25, -0.2) is 13.2 Å². The van der Waals surface area contributed by atoms with Crippen molar-refractivity contribution in [2.75, 3.05) is 32.6 Å². The summed E-state index contributed by atoms with van der Waals surface area (Å²) in [5, 5.41) is 7.61. The van der Waals surface area contributed by atoms with Crippen molar-refractivity contribution < 1.29 is 27.5 Å². The second-order valence-corrected chi connectivity index (χ2v) is 9.98. The number of aryl methyl sites for hydroxylation is 2. The molecule has 0 bridgehead atoms. The van der Waals surface area contributed by atoms with Gasteiger partial charge in [0.2, 0.25) is 0 Å². The molecule has 2 aromatic rings. The zero-order valence-electron chi connectivity index (χ0n) is 19.1. The van der Waals surface area contributed by atoms with Gasteiger partial charge in [0.05, 0.1) is 34.0 Å². The number of fused-ring (bicyclic) bond motifs is 1. The maximum absolute atomic E-state index is 12.8. The first kappa shape index (κ1) is 24.9. The van der Waals surface area contributed by atoms with E-state index < -0.39 is 15.8 Å². The third-order valence-corrected chi connectivity index (χ3v) is 6.50. The van der Waals surface area contributed by atoms with E-state index >= 15 is 0 Å². The van der Waals surface area contributed by atoms with Gasteiger partial charge >= 0.3 is 5.97 Å². The van der Waals surface area contributed by atoms with Crippen LogP contribution in [0, 0.1) is 0 Å². The molecule has 1 N–H and O–H groups in total. The number of ether oxygens (including phenoxy) is 2. The summed E-state index contributed by atoms with van der Waals surface area (Å²) in [5.74, 6) is -0.682. The summed E-state index contributed by atoms with van der Waals surface area (Å²) < 4.78 is 36.2. The molecule has 0 saturated heterocycles. The number of hydrogen-bond donors (Lipinski definition) is 1. The Morgan fingerprint density at radius 2 is 2.06 bits per heavy atom. The van der Waals surface area contributed by atoms with Gasteiger partial charge in [-0.3, -0.25) is 9.48 Å². The average Bonchev–Trinajstić information content (AvgIpc) is 3.13. The van der Waals surface area contributed by atoms with Crippen LogP contribution in [-0.2, 0) is 38.7 Å². The Balaban J connectivity index is 1.65. The Hall–Kier alpha value is -2.72. The van der Waals surface area contributed by atoms with Crippen LogP contribution in [-0.4, -0.2) is 62.7 Å². The number of carbonyl (C=O) groups is 2. The minimum absolute atomic E-state index is 0.0731. The molecule has 1 aromatic carbocycles. The number of esters is 1. The summed E-state index contributed by atoms with van der Waals surface area (Å²) in [7, 11) is -3.41. The van der Waals surface area contributed by atoms with Crippen molar-refractivity contribution in [2.45, 2.75) is 50.5 Å². The van der Waals surface area contributed by atoms with Crippen LogP contribution in [0.5, 0.6) is 0 Å². The highest BCUT2D eigenvalue weighted by atomic mass is 32.2. The first-order valence-electron chi connectivity index (χ1n) is 11.2. The van der Waals surface area contributed by atoms with Gasteiger partial charge in [-0.15, -0.1) is 0 Å². The number of sulfone groups is 1. The minimum Gasteiger partial charge on any atom is -0.462 e. The topological polar surface area (TPSA) is 117 Å². The third kappa shape index (κ3) is 6.64. The van der Waals surface area contributed by atoms with Gasteiger partial charge in [-0.1, -0.05) is 13.0 Å². The first-order chi connectivity index (χ1) is 15.8. The molecule has 0 spiro atoms. The minimum atomic E-state index is -3.41. The summed E-state index contributed by atoms with van der Waals surface area (Å²) in [6.07, 6.45) is 4.48.